The van der Waals surface area contributed by atoms with Crippen molar-refractivity contribution in [3.05, 3.63) is 88.6 Å². The maximum absolute atomic E-state index is 6.26. The fourth-order valence-electron chi connectivity index (χ4n) is 3.15. The van der Waals surface area contributed by atoms with Crippen molar-refractivity contribution in [2.45, 2.75) is 6.42 Å². The maximum Gasteiger partial charge on any atom is 0.132 e. The second-order valence-electron chi connectivity index (χ2n) is 5.80. The largest absolute Gasteiger partial charge is 0.325 e. The van der Waals surface area contributed by atoms with Crippen LogP contribution in [0.4, 0.5) is 11.5 Å². The SMILES string of the molecule is Clc1ccccc1/C=C/c1cccc2c1N(c1ccccn1)CC2. The minimum Gasteiger partial charge on any atom is -0.325 e. The molecule has 0 bridgehead atoms. The van der Waals surface area contributed by atoms with Gasteiger partial charge in [0.25, 0.3) is 0 Å². The fourth-order valence-corrected chi connectivity index (χ4v) is 3.35. The molecule has 0 N–H and O–H groups in total. The Labute approximate surface area is 147 Å². The molecule has 0 radical (unpaired) electrons. The van der Waals surface area contributed by atoms with Gasteiger partial charge in [-0.15, -0.1) is 0 Å². The summed E-state index contributed by atoms with van der Waals surface area (Å²) in [6, 6.07) is 20.4. The molecule has 0 atom stereocenters. The second-order valence-corrected chi connectivity index (χ2v) is 6.21. The number of rotatable bonds is 3. The van der Waals surface area contributed by atoms with Crippen LogP contribution in [0.25, 0.3) is 12.2 Å². The third-order valence-corrected chi connectivity index (χ3v) is 4.64. The van der Waals surface area contributed by atoms with Gasteiger partial charge in [0, 0.05) is 17.8 Å². The zero-order valence-electron chi connectivity index (χ0n) is 13.2. The number of hydrogen-bond donors (Lipinski definition) is 0. The lowest BCUT2D eigenvalue weighted by atomic mass is 10.1. The van der Waals surface area contributed by atoms with Crippen LogP contribution in [0.3, 0.4) is 0 Å². The van der Waals surface area contributed by atoms with Crippen molar-refractivity contribution in [2.75, 3.05) is 11.4 Å². The normalized spacial score (nSPS) is 13.5. The number of benzene rings is 2. The fraction of sp³-hybridized carbons (Fsp3) is 0.0952. The molecule has 0 fully saturated rings. The minimum absolute atomic E-state index is 0.767. The summed E-state index contributed by atoms with van der Waals surface area (Å²) in [5.74, 6) is 0.995. The van der Waals surface area contributed by atoms with Crippen LogP contribution in [0.15, 0.2) is 66.9 Å². The standard InChI is InChI=1S/C21H17ClN2/c22-19-9-2-1-6-16(19)11-12-17-7-5-8-18-13-15-24(21(17)18)20-10-3-4-14-23-20/h1-12,14H,13,15H2/b12-11+. The number of aromatic nitrogens is 1. The molecule has 2 nitrogen and oxygen atoms in total. The highest BCUT2D eigenvalue weighted by molar-refractivity contribution is 6.32. The monoisotopic (exact) mass is 332 g/mol. The number of pyridine rings is 1. The molecule has 2 aromatic carbocycles. The first-order chi connectivity index (χ1) is 11.8. The van der Waals surface area contributed by atoms with Gasteiger partial charge in [0.05, 0.1) is 5.69 Å². The van der Waals surface area contributed by atoms with E-state index in [4.69, 9.17) is 11.6 Å². The van der Waals surface area contributed by atoms with E-state index in [0.717, 1.165) is 29.4 Å². The molecule has 3 heteroatoms. The quantitative estimate of drug-likeness (QED) is 0.580. The Morgan fingerprint density at radius 2 is 1.67 bits per heavy atom. The molecule has 0 unspecified atom stereocenters. The van der Waals surface area contributed by atoms with Crippen molar-refractivity contribution in [1.29, 1.82) is 0 Å². The molecule has 2 heterocycles. The van der Waals surface area contributed by atoms with Crippen molar-refractivity contribution in [3.63, 3.8) is 0 Å². The van der Waals surface area contributed by atoms with Crippen molar-refractivity contribution >= 4 is 35.3 Å². The number of halogens is 1. The first-order valence-corrected chi connectivity index (χ1v) is 8.44. The molecular formula is C21H17ClN2. The number of fused-ring (bicyclic) bond motifs is 1. The number of nitrogens with zero attached hydrogens (tertiary/aromatic N) is 2. The molecule has 1 aliphatic heterocycles. The van der Waals surface area contributed by atoms with Crippen molar-refractivity contribution in [1.82, 2.24) is 4.98 Å². The number of hydrogen-bond acceptors (Lipinski definition) is 2. The topological polar surface area (TPSA) is 16.1 Å². The van der Waals surface area contributed by atoms with Gasteiger partial charge in [-0.2, -0.15) is 0 Å². The van der Waals surface area contributed by atoms with E-state index in [-0.39, 0.29) is 0 Å². The zero-order valence-corrected chi connectivity index (χ0v) is 13.9. The predicted molar refractivity (Wildman–Crippen MR) is 102 cm³/mol. The van der Waals surface area contributed by atoms with Crippen LogP contribution in [0.5, 0.6) is 0 Å². The Bertz CT molecular complexity index is 887. The van der Waals surface area contributed by atoms with Crippen molar-refractivity contribution < 1.29 is 0 Å². The molecule has 4 rings (SSSR count). The first kappa shape index (κ1) is 15.0. The lowest BCUT2D eigenvalue weighted by Crippen LogP contribution is -2.15. The number of para-hydroxylation sites is 1. The maximum atomic E-state index is 6.26. The van der Waals surface area contributed by atoms with E-state index < -0.39 is 0 Å². The van der Waals surface area contributed by atoms with Crippen LogP contribution in [0, 0.1) is 0 Å². The Kier molecular flexibility index (Phi) is 4.06. The highest BCUT2D eigenvalue weighted by atomic mass is 35.5. The average molecular weight is 333 g/mol. The molecule has 0 aliphatic carbocycles. The summed E-state index contributed by atoms with van der Waals surface area (Å²) in [6.45, 7) is 0.962. The van der Waals surface area contributed by atoms with Crippen molar-refractivity contribution in [3.8, 4) is 0 Å². The van der Waals surface area contributed by atoms with E-state index in [1.165, 1.54) is 16.8 Å². The molecular weight excluding hydrogens is 316 g/mol. The molecule has 3 aromatic rings. The summed E-state index contributed by atoms with van der Waals surface area (Å²) in [7, 11) is 0. The van der Waals surface area contributed by atoms with E-state index in [1.54, 1.807) is 0 Å². The van der Waals surface area contributed by atoms with E-state index in [2.05, 4.69) is 46.3 Å². The molecule has 1 aromatic heterocycles. The highest BCUT2D eigenvalue weighted by Gasteiger charge is 2.23. The van der Waals surface area contributed by atoms with Gasteiger partial charge in [0.1, 0.15) is 5.82 Å². The molecule has 0 amide bonds. The first-order valence-electron chi connectivity index (χ1n) is 8.06. The van der Waals surface area contributed by atoms with Gasteiger partial charge < -0.3 is 4.90 Å². The molecule has 0 spiro atoms. The summed E-state index contributed by atoms with van der Waals surface area (Å²) in [6.07, 6.45) is 7.10. The second kappa shape index (κ2) is 6.50. The van der Waals surface area contributed by atoms with Crippen LogP contribution < -0.4 is 4.90 Å². The van der Waals surface area contributed by atoms with E-state index >= 15 is 0 Å². The molecule has 24 heavy (non-hydrogen) atoms. The van der Waals surface area contributed by atoms with Crippen LogP contribution in [0.1, 0.15) is 16.7 Å². The summed E-state index contributed by atoms with van der Waals surface area (Å²) >= 11 is 6.26. The van der Waals surface area contributed by atoms with Crippen LogP contribution in [-0.4, -0.2) is 11.5 Å². The predicted octanol–water partition coefficient (Wildman–Crippen LogP) is 5.60. The van der Waals surface area contributed by atoms with Gasteiger partial charge in [-0.25, -0.2) is 4.98 Å². The lowest BCUT2D eigenvalue weighted by Gasteiger charge is -2.20. The summed E-state index contributed by atoms with van der Waals surface area (Å²) in [5, 5.41) is 0.767. The van der Waals surface area contributed by atoms with E-state index in [0.29, 0.717) is 0 Å². The van der Waals surface area contributed by atoms with Gasteiger partial charge in [0.15, 0.2) is 0 Å². The van der Waals surface area contributed by atoms with Gasteiger partial charge in [-0.3, -0.25) is 0 Å². The summed E-state index contributed by atoms with van der Waals surface area (Å²) in [5.41, 5.74) is 4.83. The molecule has 1 aliphatic rings. The van der Waals surface area contributed by atoms with Gasteiger partial charge in [0.2, 0.25) is 0 Å². The Balaban J connectivity index is 1.74. The molecule has 0 saturated heterocycles. The minimum atomic E-state index is 0.767. The van der Waals surface area contributed by atoms with E-state index in [9.17, 15) is 0 Å². The van der Waals surface area contributed by atoms with Crippen LogP contribution in [0.2, 0.25) is 5.02 Å². The summed E-state index contributed by atoms with van der Waals surface area (Å²) in [4.78, 5) is 6.81. The Morgan fingerprint density at radius 3 is 2.50 bits per heavy atom. The molecule has 0 saturated carbocycles. The van der Waals surface area contributed by atoms with E-state index in [1.807, 2.05) is 42.6 Å². The summed E-state index contributed by atoms with van der Waals surface area (Å²) < 4.78 is 0. The van der Waals surface area contributed by atoms with Gasteiger partial charge in [-0.05, 0) is 41.3 Å². The average Bonchev–Trinajstić information content (AvgIpc) is 3.06. The third-order valence-electron chi connectivity index (χ3n) is 4.30. The van der Waals surface area contributed by atoms with Gasteiger partial charge >= 0.3 is 0 Å². The lowest BCUT2D eigenvalue weighted by molar-refractivity contribution is 0.974. The molecule has 118 valence electrons. The zero-order chi connectivity index (χ0) is 16.4. The highest BCUT2D eigenvalue weighted by Crippen LogP contribution is 2.37. The van der Waals surface area contributed by atoms with Gasteiger partial charge in [-0.1, -0.05) is 66.2 Å². The van der Waals surface area contributed by atoms with Crippen LogP contribution >= 0.6 is 11.6 Å². The van der Waals surface area contributed by atoms with Crippen molar-refractivity contribution in [2.24, 2.45) is 0 Å². The van der Waals surface area contributed by atoms with Crippen LogP contribution in [-0.2, 0) is 6.42 Å². The third kappa shape index (κ3) is 2.81. The smallest absolute Gasteiger partial charge is 0.132 e. The number of anilines is 2. The Hall–Kier alpha value is -2.58. The Morgan fingerprint density at radius 1 is 0.875 bits per heavy atom.